The van der Waals surface area contributed by atoms with Crippen LogP contribution in [0.4, 0.5) is 0 Å². The molecule has 1 aromatic carbocycles. The van der Waals surface area contributed by atoms with E-state index < -0.39 is 5.60 Å². The van der Waals surface area contributed by atoms with E-state index in [4.69, 9.17) is 0 Å². The van der Waals surface area contributed by atoms with Crippen molar-refractivity contribution in [2.75, 3.05) is 6.54 Å². The summed E-state index contributed by atoms with van der Waals surface area (Å²) in [5.41, 5.74) is 0.529. The molecular formula is C11H15Br2NO. The highest BCUT2D eigenvalue weighted by Crippen LogP contribution is 2.23. The van der Waals surface area contributed by atoms with Crippen molar-refractivity contribution in [2.45, 2.75) is 26.0 Å². The van der Waals surface area contributed by atoms with E-state index in [1.165, 1.54) is 5.56 Å². The van der Waals surface area contributed by atoms with Gasteiger partial charge >= 0.3 is 0 Å². The van der Waals surface area contributed by atoms with Crippen molar-refractivity contribution >= 4 is 31.9 Å². The predicted octanol–water partition coefficient (Wildman–Crippen LogP) is 3.07. The SMILES string of the molecule is CC(C)(O)CNCc1ccc(Br)c(Br)c1. The maximum absolute atomic E-state index is 9.52. The largest absolute Gasteiger partial charge is 0.389 e. The lowest BCUT2D eigenvalue weighted by atomic mass is 10.1. The minimum Gasteiger partial charge on any atom is -0.389 e. The molecule has 4 heteroatoms. The lowest BCUT2D eigenvalue weighted by Gasteiger charge is -2.17. The second kappa shape index (κ2) is 5.43. The van der Waals surface area contributed by atoms with Crippen LogP contribution in [0, 0.1) is 0 Å². The Balaban J connectivity index is 2.48. The van der Waals surface area contributed by atoms with Crippen LogP contribution in [0.5, 0.6) is 0 Å². The third-order valence-corrected chi connectivity index (χ3v) is 3.75. The molecule has 0 atom stereocenters. The van der Waals surface area contributed by atoms with E-state index in [0.29, 0.717) is 6.54 Å². The van der Waals surface area contributed by atoms with Crippen molar-refractivity contribution in [1.82, 2.24) is 5.32 Å². The zero-order chi connectivity index (χ0) is 11.5. The van der Waals surface area contributed by atoms with Crippen LogP contribution in [-0.2, 0) is 6.54 Å². The van der Waals surface area contributed by atoms with Crippen LogP contribution in [0.3, 0.4) is 0 Å². The topological polar surface area (TPSA) is 32.3 Å². The van der Waals surface area contributed by atoms with Crippen molar-refractivity contribution in [3.05, 3.63) is 32.7 Å². The molecule has 0 aliphatic rings. The summed E-state index contributed by atoms with van der Waals surface area (Å²) in [7, 11) is 0. The van der Waals surface area contributed by atoms with E-state index in [0.717, 1.165) is 15.5 Å². The average molecular weight is 337 g/mol. The van der Waals surface area contributed by atoms with Gasteiger partial charge in [-0.3, -0.25) is 0 Å². The van der Waals surface area contributed by atoms with E-state index in [1.54, 1.807) is 13.8 Å². The zero-order valence-corrected chi connectivity index (χ0v) is 12.0. The molecule has 84 valence electrons. The van der Waals surface area contributed by atoms with E-state index in [9.17, 15) is 5.11 Å². The predicted molar refractivity (Wildman–Crippen MR) is 69.8 cm³/mol. The number of hydrogen-bond acceptors (Lipinski definition) is 2. The molecular weight excluding hydrogens is 322 g/mol. The van der Waals surface area contributed by atoms with Gasteiger partial charge in [0, 0.05) is 22.0 Å². The first-order chi connectivity index (χ1) is 6.88. The molecule has 0 saturated heterocycles. The lowest BCUT2D eigenvalue weighted by Crippen LogP contribution is -2.34. The molecule has 0 heterocycles. The van der Waals surface area contributed by atoms with Crippen LogP contribution < -0.4 is 5.32 Å². The van der Waals surface area contributed by atoms with Crippen LogP contribution >= 0.6 is 31.9 Å². The van der Waals surface area contributed by atoms with Crippen molar-refractivity contribution in [3.63, 3.8) is 0 Å². The molecule has 0 fully saturated rings. The summed E-state index contributed by atoms with van der Waals surface area (Å²) in [5, 5.41) is 12.7. The molecule has 15 heavy (non-hydrogen) atoms. The van der Waals surface area contributed by atoms with Gasteiger partial charge in [0.2, 0.25) is 0 Å². The van der Waals surface area contributed by atoms with Crippen molar-refractivity contribution in [2.24, 2.45) is 0 Å². The van der Waals surface area contributed by atoms with Crippen LogP contribution in [0.2, 0.25) is 0 Å². The summed E-state index contributed by atoms with van der Waals surface area (Å²) in [4.78, 5) is 0. The summed E-state index contributed by atoms with van der Waals surface area (Å²) in [6, 6.07) is 6.11. The van der Waals surface area contributed by atoms with E-state index in [1.807, 2.05) is 12.1 Å². The standard InChI is InChI=1S/C11H15Br2NO/c1-11(2,15)7-14-6-8-3-4-9(12)10(13)5-8/h3-5,14-15H,6-7H2,1-2H3. The van der Waals surface area contributed by atoms with Crippen molar-refractivity contribution in [3.8, 4) is 0 Å². The second-order valence-corrected chi connectivity index (χ2v) is 5.87. The van der Waals surface area contributed by atoms with Gasteiger partial charge in [0.05, 0.1) is 5.60 Å². The van der Waals surface area contributed by atoms with E-state index >= 15 is 0 Å². The van der Waals surface area contributed by atoms with Crippen LogP contribution in [0.15, 0.2) is 27.1 Å². The number of hydrogen-bond donors (Lipinski definition) is 2. The number of rotatable bonds is 4. The van der Waals surface area contributed by atoms with Crippen molar-refractivity contribution in [1.29, 1.82) is 0 Å². The van der Waals surface area contributed by atoms with Crippen LogP contribution in [0.1, 0.15) is 19.4 Å². The molecule has 0 spiro atoms. The number of aliphatic hydroxyl groups is 1. The Kier molecular flexibility index (Phi) is 4.77. The molecule has 1 rings (SSSR count). The first kappa shape index (κ1) is 13.2. The minimum atomic E-state index is -0.660. The first-order valence-corrected chi connectivity index (χ1v) is 6.34. The second-order valence-electron chi connectivity index (χ2n) is 4.16. The summed E-state index contributed by atoms with van der Waals surface area (Å²) in [6.07, 6.45) is 0. The first-order valence-electron chi connectivity index (χ1n) is 4.75. The van der Waals surface area contributed by atoms with Gasteiger partial charge in [-0.05, 0) is 63.4 Å². The number of halogens is 2. The van der Waals surface area contributed by atoms with Gasteiger partial charge < -0.3 is 10.4 Å². The molecule has 0 aliphatic heterocycles. The zero-order valence-electron chi connectivity index (χ0n) is 8.85. The fourth-order valence-electron chi connectivity index (χ4n) is 1.16. The Morgan fingerprint density at radius 2 is 1.93 bits per heavy atom. The molecule has 0 aliphatic carbocycles. The van der Waals surface area contributed by atoms with Crippen LogP contribution in [0.25, 0.3) is 0 Å². The van der Waals surface area contributed by atoms with Gasteiger partial charge in [0.25, 0.3) is 0 Å². The Bertz CT molecular complexity index is 334. The van der Waals surface area contributed by atoms with Crippen molar-refractivity contribution < 1.29 is 5.11 Å². The van der Waals surface area contributed by atoms with Gasteiger partial charge in [-0.25, -0.2) is 0 Å². The monoisotopic (exact) mass is 335 g/mol. The van der Waals surface area contributed by atoms with Gasteiger partial charge in [-0.1, -0.05) is 6.07 Å². The van der Waals surface area contributed by atoms with Gasteiger partial charge in [-0.15, -0.1) is 0 Å². The molecule has 2 N–H and O–H groups in total. The molecule has 0 saturated carbocycles. The fourth-order valence-corrected chi connectivity index (χ4v) is 1.84. The number of nitrogens with one attached hydrogen (secondary N) is 1. The average Bonchev–Trinajstić information content (AvgIpc) is 2.09. The smallest absolute Gasteiger partial charge is 0.0715 e. The maximum Gasteiger partial charge on any atom is 0.0715 e. The quantitative estimate of drug-likeness (QED) is 0.885. The van der Waals surface area contributed by atoms with Gasteiger partial charge in [0.1, 0.15) is 0 Å². The highest BCUT2D eigenvalue weighted by atomic mass is 79.9. The molecule has 1 aromatic rings. The third-order valence-electron chi connectivity index (χ3n) is 1.87. The summed E-state index contributed by atoms with van der Waals surface area (Å²) >= 11 is 6.88. The Labute approximate surface area is 107 Å². The molecule has 0 aromatic heterocycles. The third kappa shape index (κ3) is 5.11. The molecule has 0 unspecified atom stereocenters. The van der Waals surface area contributed by atoms with E-state index in [-0.39, 0.29) is 0 Å². The maximum atomic E-state index is 9.52. The normalized spacial score (nSPS) is 11.8. The lowest BCUT2D eigenvalue weighted by molar-refractivity contribution is 0.0795. The highest BCUT2D eigenvalue weighted by Gasteiger charge is 2.10. The Hall–Kier alpha value is 0.1000. The Morgan fingerprint density at radius 1 is 1.27 bits per heavy atom. The molecule has 0 radical (unpaired) electrons. The summed E-state index contributed by atoms with van der Waals surface area (Å²) in [6.45, 7) is 4.92. The fraction of sp³-hybridized carbons (Fsp3) is 0.455. The Morgan fingerprint density at radius 3 is 2.47 bits per heavy atom. The number of benzene rings is 1. The van der Waals surface area contributed by atoms with E-state index in [2.05, 4.69) is 43.2 Å². The summed E-state index contributed by atoms with van der Waals surface area (Å²) in [5.74, 6) is 0. The van der Waals surface area contributed by atoms with Gasteiger partial charge in [0.15, 0.2) is 0 Å². The molecule has 2 nitrogen and oxygen atoms in total. The van der Waals surface area contributed by atoms with Gasteiger partial charge in [-0.2, -0.15) is 0 Å². The minimum absolute atomic E-state index is 0.584. The molecule has 0 amide bonds. The molecule has 0 bridgehead atoms. The highest BCUT2D eigenvalue weighted by molar-refractivity contribution is 9.13. The summed E-state index contributed by atoms with van der Waals surface area (Å²) < 4.78 is 2.10. The van der Waals surface area contributed by atoms with Crippen LogP contribution in [-0.4, -0.2) is 17.3 Å².